The summed E-state index contributed by atoms with van der Waals surface area (Å²) in [5.74, 6) is 0.619. The number of hydrogen-bond donors (Lipinski definition) is 2. The molecular weight excluding hydrogens is 156 g/mol. The quantitative estimate of drug-likeness (QED) is 0.535. The Morgan fingerprint density at radius 3 is 3.00 bits per heavy atom. The average Bonchev–Trinajstić information content (AvgIpc) is 2.58. The van der Waals surface area contributed by atoms with Crippen molar-refractivity contribution in [2.45, 2.75) is 6.92 Å². The molecule has 0 saturated carbocycles. The lowest BCUT2D eigenvalue weighted by atomic mass is 10.5. The van der Waals surface area contributed by atoms with E-state index in [9.17, 15) is 4.79 Å². The summed E-state index contributed by atoms with van der Waals surface area (Å²) in [6.07, 6.45) is 0. The second-order valence-electron chi connectivity index (χ2n) is 2.74. The van der Waals surface area contributed by atoms with Gasteiger partial charge in [-0.05, 0) is 6.92 Å². The normalized spacial score (nSPS) is 15.9. The number of aromatic nitrogens is 2. The highest BCUT2D eigenvalue weighted by Gasteiger charge is 2.09. The number of aryl methyl sites for hydroxylation is 1. The van der Waals surface area contributed by atoms with Crippen molar-refractivity contribution in [1.29, 1.82) is 0 Å². The second-order valence-corrected chi connectivity index (χ2v) is 2.74. The van der Waals surface area contributed by atoms with Crippen molar-refractivity contribution < 1.29 is 0 Å². The van der Waals surface area contributed by atoms with Gasteiger partial charge in [0.25, 0.3) is 5.56 Å². The fraction of sp³-hybridized carbons (Fsp3) is 0.429. The molecule has 0 aromatic carbocycles. The first-order valence-electron chi connectivity index (χ1n) is 3.85. The predicted octanol–water partition coefficient (Wildman–Crippen LogP) is -0.708. The van der Waals surface area contributed by atoms with Gasteiger partial charge in [0.1, 0.15) is 0 Å². The van der Waals surface area contributed by atoms with Crippen LogP contribution in [0.15, 0.2) is 15.9 Å². The number of aromatic amines is 1. The highest BCUT2D eigenvalue weighted by molar-refractivity contribution is 5.82. The van der Waals surface area contributed by atoms with Crippen molar-refractivity contribution in [2.24, 2.45) is 4.99 Å². The molecule has 1 aliphatic rings. The topological polar surface area (TPSA) is 62.2 Å². The molecule has 0 unspecified atom stereocenters. The summed E-state index contributed by atoms with van der Waals surface area (Å²) in [5, 5.41) is 5.91. The van der Waals surface area contributed by atoms with Crippen molar-refractivity contribution in [3.8, 4) is 0 Å². The van der Waals surface area contributed by atoms with Gasteiger partial charge in [-0.25, -0.2) is 4.99 Å². The van der Waals surface area contributed by atoms with Crippen molar-refractivity contribution in [3.63, 3.8) is 0 Å². The first kappa shape index (κ1) is 7.15. The van der Waals surface area contributed by atoms with Crippen LogP contribution >= 0.6 is 0 Å². The Labute approximate surface area is 69.1 Å². The van der Waals surface area contributed by atoms with Crippen LogP contribution in [0.5, 0.6) is 0 Å². The van der Waals surface area contributed by atoms with Gasteiger partial charge in [0, 0.05) is 18.3 Å². The number of rotatable bonds is 0. The van der Waals surface area contributed by atoms with Crippen LogP contribution in [0, 0.1) is 6.92 Å². The molecule has 2 N–H and O–H groups in total. The van der Waals surface area contributed by atoms with Gasteiger partial charge in [-0.3, -0.25) is 9.89 Å². The summed E-state index contributed by atoms with van der Waals surface area (Å²) >= 11 is 0. The summed E-state index contributed by atoms with van der Waals surface area (Å²) in [4.78, 5) is 15.4. The van der Waals surface area contributed by atoms with E-state index in [2.05, 4.69) is 15.4 Å². The Morgan fingerprint density at radius 2 is 2.50 bits per heavy atom. The van der Waals surface area contributed by atoms with Gasteiger partial charge in [-0.2, -0.15) is 4.68 Å². The number of H-pyrrole nitrogens is 1. The average molecular weight is 166 g/mol. The van der Waals surface area contributed by atoms with E-state index in [1.54, 1.807) is 6.07 Å². The molecule has 0 atom stereocenters. The summed E-state index contributed by atoms with van der Waals surface area (Å²) in [5.41, 5.74) is 0.775. The second kappa shape index (κ2) is 2.51. The highest BCUT2D eigenvalue weighted by Crippen LogP contribution is 1.89. The number of nitrogens with zero attached hydrogens (tertiary/aromatic N) is 2. The Hall–Kier alpha value is -1.52. The van der Waals surface area contributed by atoms with Gasteiger partial charge >= 0.3 is 0 Å². The third-order valence-electron chi connectivity index (χ3n) is 1.72. The van der Waals surface area contributed by atoms with E-state index in [-0.39, 0.29) is 5.56 Å². The molecule has 0 bridgehead atoms. The summed E-state index contributed by atoms with van der Waals surface area (Å²) in [6.45, 7) is 3.38. The third-order valence-corrected chi connectivity index (χ3v) is 1.72. The molecule has 0 spiro atoms. The van der Waals surface area contributed by atoms with E-state index in [0.29, 0.717) is 5.96 Å². The molecular formula is C7H10N4O. The van der Waals surface area contributed by atoms with Crippen LogP contribution in [0.1, 0.15) is 5.69 Å². The fourth-order valence-electron chi connectivity index (χ4n) is 1.21. The van der Waals surface area contributed by atoms with E-state index < -0.39 is 0 Å². The number of hydrogen-bond acceptors (Lipinski definition) is 3. The smallest absolute Gasteiger partial charge is 0.274 e. The molecule has 0 radical (unpaired) electrons. The molecule has 5 nitrogen and oxygen atoms in total. The molecule has 1 aliphatic heterocycles. The molecule has 1 aromatic rings. The zero-order chi connectivity index (χ0) is 8.55. The Bertz CT molecular complexity index is 373. The predicted molar refractivity (Wildman–Crippen MR) is 45.5 cm³/mol. The standard InChI is InChI=1S/C7H10N4O/c1-5-4-6(12)11(10-5)7-8-2-3-9-7/h4,10H,2-3H2,1H3,(H,8,9). The third kappa shape index (κ3) is 1.03. The SMILES string of the molecule is Cc1cc(=O)n(C2=NCCN2)[nH]1. The molecule has 0 fully saturated rings. The summed E-state index contributed by atoms with van der Waals surface area (Å²) in [7, 11) is 0. The number of aliphatic imine (C=N–C) groups is 1. The van der Waals surface area contributed by atoms with Crippen LogP contribution in [0.25, 0.3) is 0 Å². The van der Waals surface area contributed by atoms with Crippen molar-refractivity contribution in [1.82, 2.24) is 15.1 Å². The molecule has 64 valence electrons. The first-order valence-corrected chi connectivity index (χ1v) is 3.85. The van der Waals surface area contributed by atoms with E-state index in [4.69, 9.17) is 0 Å². The van der Waals surface area contributed by atoms with Crippen molar-refractivity contribution >= 4 is 5.96 Å². The van der Waals surface area contributed by atoms with Gasteiger partial charge < -0.3 is 5.32 Å². The molecule has 12 heavy (non-hydrogen) atoms. The highest BCUT2D eigenvalue weighted by atomic mass is 16.1. The van der Waals surface area contributed by atoms with Gasteiger partial charge in [0.15, 0.2) is 0 Å². The fourth-order valence-corrected chi connectivity index (χ4v) is 1.21. The Morgan fingerprint density at radius 1 is 1.67 bits per heavy atom. The van der Waals surface area contributed by atoms with E-state index in [0.717, 1.165) is 18.8 Å². The van der Waals surface area contributed by atoms with Crippen LogP contribution in [0.2, 0.25) is 0 Å². The largest absolute Gasteiger partial charge is 0.353 e. The molecule has 5 heteroatoms. The van der Waals surface area contributed by atoms with Crippen molar-refractivity contribution in [3.05, 3.63) is 22.1 Å². The molecule has 1 aromatic heterocycles. The zero-order valence-corrected chi connectivity index (χ0v) is 6.79. The van der Waals surface area contributed by atoms with Gasteiger partial charge in [-0.15, -0.1) is 0 Å². The number of nitrogens with one attached hydrogen (secondary N) is 2. The van der Waals surface area contributed by atoms with Gasteiger partial charge in [-0.1, -0.05) is 0 Å². The minimum absolute atomic E-state index is 0.0688. The van der Waals surface area contributed by atoms with E-state index in [1.165, 1.54) is 4.68 Å². The minimum Gasteiger partial charge on any atom is -0.353 e. The molecule has 2 heterocycles. The lowest BCUT2D eigenvalue weighted by Crippen LogP contribution is -2.33. The van der Waals surface area contributed by atoms with Crippen LogP contribution in [0.3, 0.4) is 0 Å². The van der Waals surface area contributed by atoms with Crippen LogP contribution in [-0.4, -0.2) is 28.8 Å². The maximum Gasteiger partial charge on any atom is 0.274 e. The maximum absolute atomic E-state index is 11.2. The summed E-state index contributed by atoms with van der Waals surface area (Å²) < 4.78 is 1.42. The first-order chi connectivity index (χ1) is 5.77. The monoisotopic (exact) mass is 166 g/mol. The van der Waals surface area contributed by atoms with Crippen LogP contribution < -0.4 is 10.9 Å². The maximum atomic E-state index is 11.2. The van der Waals surface area contributed by atoms with Crippen LogP contribution in [-0.2, 0) is 0 Å². The van der Waals surface area contributed by atoms with Crippen LogP contribution in [0.4, 0.5) is 0 Å². The lowest BCUT2D eigenvalue weighted by Gasteiger charge is -1.99. The molecule has 2 rings (SSSR count). The zero-order valence-electron chi connectivity index (χ0n) is 6.79. The molecule has 0 saturated heterocycles. The minimum atomic E-state index is -0.0688. The Balaban J connectivity index is 2.45. The molecule has 0 amide bonds. The molecule has 0 aliphatic carbocycles. The Kier molecular flexibility index (Phi) is 1.49. The van der Waals surface area contributed by atoms with E-state index in [1.807, 2.05) is 6.92 Å². The van der Waals surface area contributed by atoms with Gasteiger partial charge in [0.2, 0.25) is 5.96 Å². The lowest BCUT2D eigenvalue weighted by molar-refractivity contribution is 0.841. The summed E-state index contributed by atoms with van der Waals surface area (Å²) in [6, 6.07) is 1.54. The van der Waals surface area contributed by atoms with Crippen molar-refractivity contribution in [2.75, 3.05) is 13.1 Å². The van der Waals surface area contributed by atoms with Gasteiger partial charge in [0.05, 0.1) is 6.54 Å². The van der Waals surface area contributed by atoms with E-state index >= 15 is 0 Å².